The zero-order valence-electron chi connectivity index (χ0n) is 6.33. The second kappa shape index (κ2) is 3.32. The normalized spacial score (nSPS) is 39.3. The number of hydrogen-bond donors (Lipinski definition) is 3. The fourth-order valence-electron chi connectivity index (χ4n) is 1.49. The van der Waals surface area contributed by atoms with Crippen molar-refractivity contribution in [3.05, 3.63) is 0 Å². The molecule has 0 amide bonds. The van der Waals surface area contributed by atoms with Crippen LogP contribution in [-0.2, 0) is 0 Å². The Morgan fingerprint density at radius 1 is 1.40 bits per heavy atom. The van der Waals surface area contributed by atoms with E-state index in [-0.39, 0.29) is 18.8 Å². The molecule has 0 saturated carbocycles. The fourth-order valence-corrected chi connectivity index (χ4v) is 1.49. The second-order valence-electron chi connectivity index (χ2n) is 2.98. The molecule has 4 N–H and O–H groups in total. The highest BCUT2D eigenvalue weighted by atomic mass is 16.3. The molecule has 1 rings (SSSR count). The maximum atomic E-state index is 9.31. The summed E-state index contributed by atoms with van der Waals surface area (Å²) in [5.41, 5.74) is 0. The van der Waals surface area contributed by atoms with Gasteiger partial charge in [-0.25, -0.2) is 0 Å². The van der Waals surface area contributed by atoms with Gasteiger partial charge in [-0.15, -0.1) is 0 Å². The number of quaternary nitrogens is 1. The van der Waals surface area contributed by atoms with Gasteiger partial charge in [-0.3, -0.25) is 0 Å². The van der Waals surface area contributed by atoms with Gasteiger partial charge in [-0.05, 0) is 0 Å². The Hall–Kier alpha value is -0.120. The maximum absolute atomic E-state index is 9.31. The summed E-state index contributed by atoms with van der Waals surface area (Å²) in [5.74, 6) is 0. The topological polar surface area (TPSA) is 57.1 Å². The van der Waals surface area contributed by atoms with Gasteiger partial charge in [0.2, 0.25) is 0 Å². The van der Waals surface area contributed by atoms with Crippen LogP contribution in [-0.4, -0.2) is 35.0 Å². The predicted molar refractivity (Wildman–Crippen MR) is 37.5 cm³/mol. The first-order chi connectivity index (χ1) is 4.79. The molecule has 3 heteroatoms. The third-order valence-corrected chi connectivity index (χ3v) is 2.20. The highest BCUT2D eigenvalue weighted by molar-refractivity contribution is 4.81. The molecule has 3 atom stereocenters. The largest absolute Gasteiger partial charge is 0.390 e. The van der Waals surface area contributed by atoms with Gasteiger partial charge in [0.15, 0.2) is 6.10 Å². The maximum Gasteiger partial charge on any atom is 0.160 e. The smallest absolute Gasteiger partial charge is 0.160 e. The molecule has 0 aromatic rings. The summed E-state index contributed by atoms with van der Waals surface area (Å²) in [6.07, 6.45) is 1.89. The minimum atomic E-state index is -0.273. The highest BCUT2D eigenvalue weighted by Gasteiger charge is 2.42. The quantitative estimate of drug-likeness (QED) is 0.451. The van der Waals surface area contributed by atoms with Crippen LogP contribution in [0.5, 0.6) is 0 Å². The molecule has 10 heavy (non-hydrogen) atoms. The van der Waals surface area contributed by atoms with E-state index < -0.39 is 0 Å². The van der Waals surface area contributed by atoms with E-state index in [0.717, 1.165) is 12.8 Å². The molecule has 0 aromatic carbocycles. The monoisotopic (exact) mass is 146 g/mol. The van der Waals surface area contributed by atoms with Crippen LogP contribution >= 0.6 is 0 Å². The van der Waals surface area contributed by atoms with Crippen LogP contribution in [0.4, 0.5) is 0 Å². The van der Waals surface area contributed by atoms with Crippen molar-refractivity contribution in [2.24, 2.45) is 0 Å². The molecule has 0 unspecified atom stereocenters. The van der Waals surface area contributed by atoms with Crippen LogP contribution in [0, 0.1) is 0 Å². The number of aliphatic hydroxyl groups is 2. The van der Waals surface area contributed by atoms with Gasteiger partial charge in [-0.1, -0.05) is 13.3 Å². The van der Waals surface area contributed by atoms with Gasteiger partial charge in [0.05, 0.1) is 6.61 Å². The van der Waals surface area contributed by atoms with Crippen molar-refractivity contribution in [1.82, 2.24) is 0 Å². The fraction of sp³-hybridized carbons (Fsp3) is 1.00. The zero-order chi connectivity index (χ0) is 7.56. The minimum absolute atomic E-state index is 0.0524. The summed E-state index contributed by atoms with van der Waals surface area (Å²) in [6, 6.07) is 0.402. The first-order valence-corrected chi connectivity index (χ1v) is 3.93. The van der Waals surface area contributed by atoms with Gasteiger partial charge < -0.3 is 15.5 Å². The molecule has 1 aliphatic rings. The highest BCUT2D eigenvalue weighted by Crippen LogP contribution is 2.07. The van der Waals surface area contributed by atoms with E-state index in [0.29, 0.717) is 6.04 Å². The Morgan fingerprint density at radius 3 is 2.50 bits per heavy atom. The van der Waals surface area contributed by atoms with Gasteiger partial charge in [0, 0.05) is 6.42 Å². The average Bonchev–Trinajstić information content (AvgIpc) is 1.96. The Labute approximate surface area is 61.1 Å². The van der Waals surface area contributed by atoms with Crippen LogP contribution in [0.3, 0.4) is 0 Å². The van der Waals surface area contributed by atoms with Crippen LogP contribution in [0.2, 0.25) is 0 Å². The number of nitrogens with two attached hydrogens (primary N) is 1. The van der Waals surface area contributed by atoms with E-state index in [1.54, 1.807) is 0 Å². The summed E-state index contributed by atoms with van der Waals surface area (Å²) in [6.45, 7) is 2.20. The van der Waals surface area contributed by atoms with Crippen molar-refractivity contribution in [2.45, 2.75) is 38.0 Å². The SMILES string of the molecule is CCC[C@H]1[NH2+][C@@H](CO)[C@H]1O. The lowest BCUT2D eigenvalue weighted by Crippen LogP contribution is -3.10. The van der Waals surface area contributed by atoms with Crippen LogP contribution in [0.25, 0.3) is 0 Å². The van der Waals surface area contributed by atoms with Crippen molar-refractivity contribution in [1.29, 1.82) is 0 Å². The van der Waals surface area contributed by atoms with Crippen molar-refractivity contribution in [2.75, 3.05) is 6.61 Å². The molecule has 1 fully saturated rings. The lowest BCUT2D eigenvalue weighted by atomic mass is 9.90. The van der Waals surface area contributed by atoms with E-state index in [2.05, 4.69) is 6.92 Å². The predicted octanol–water partition coefficient (Wildman–Crippen LogP) is -1.55. The van der Waals surface area contributed by atoms with E-state index in [9.17, 15) is 5.11 Å². The third-order valence-electron chi connectivity index (χ3n) is 2.20. The van der Waals surface area contributed by atoms with Gasteiger partial charge in [0.1, 0.15) is 12.1 Å². The third kappa shape index (κ3) is 1.31. The molecule has 0 aromatic heterocycles. The first kappa shape index (κ1) is 7.98. The minimum Gasteiger partial charge on any atom is -0.390 e. The lowest BCUT2D eigenvalue weighted by molar-refractivity contribution is -0.798. The van der Waals surface area contributed by atoms with Crippen LogP contribution in [0.1, 0.15) is 19.8 Å². The molecular formula is C7H16NO2+. The number of rotatable bonds is 3. The molecule has 1 aliphatic heterocycles. The van der Waals surface area contributed by atoms with Crippen LogP contribution in [0.15, 0.2) is 0 Å². The summed E-state index contributed by atoms with van der Waals surface area (Å²) in [4.78, 5) is 0. The summed E-state index contributed by atoms with van der Waals surface area (Å²) in [5, 5.41) is 20.0. The standard InChI is InChI=1S/C7H15NO2/c1-2-3-5-7(10)6(4-9)8-5/h5-10H,2-4H2,1H3/p+1/t5-,6+,7+/m1/s1. The lowest BCUT2D eigenvalue weighted by Gasteiger charge is -2.37. The van der Waals surface area contributed by atoms with Gasteiger partial charge in [-0.2, -0.15) is 0 Å². The molecule has 0 spiro atoms. The van der Waals surface area contributed by atoms with E-state index in [4.69, 9.17) is 5.11 Å². The van der Waals surface area contributed by atoms with Crippen molar-refractivity contribution >= 4 is 0 Å². The number of aliphatic hydroxyl groups excluding tert-OH is 2. The molecule has 3 nitrogen and oxygen atoms in total. The van der Waals surface area contributed by atoms with Crippen molar-refractivity contribution in [3.8, 4) is 0 Å². The molecule has 1 saturated heterocycles. The first-order valence-electron chi connectivity index (χ1n) is 3.93. The Bertz CT molecular complexity index is 108. The molecule has 0 aliphatic carbocycles. The van der Waals surface area contributed by atoms with E-state index in [1.807, 2.05) is 5.32 Å². The molecule has 0 bridgehead atoms. The van der Waals surface area contributed by atoms with Gasteiger partial charge in [0.25, 0.3) is 0 Å². The summed E-state index contributed by atoms with van der Waals surface area (Å²) in [7, 11) is 0. The molecular weight excluding hydrogens is 130 g/mol. The average molecular weight is 146 g/mol. The Kier molecular flexibility index (Phi) is 2.65. The second-order valence-corrected chi connectivity index (χ2v) is 2.98. The van der Waals surface area contributed by atoms with E-state index in [1.165, 1.54) is 0 Å². The summed E-state index contributed by atoms with van der Waals surface area (Å²) < 4.78 is 0. The summed E-state index contributed by atoms with van der Waals surface area (Å²) >= 11 is 0. The Balaban J connectivity index is 2.18. The molecule has 1 heterocycles. The van der Waals surface area contributed by atoms with Crippen LogP contribution < -0.4 is 5.32 Å². The molecule has 0 radical (unpaired) electrons. The van der Waals surface area contributed by atoms with Crippen molar-refractivity contribution < 1.29 is 15.5 Å². The number of hydrogen-bond acceptors (Lipinski definition) is 2. The Morgan fingerprint density at radius 2 is 2.10 bits per heavy atom. The molecule has 60 valence electrons. The van der Waals surface area contributed by atoms with Gasteiger partial charge >= 0.3 is 0 Å². The van der Waals surface area contributed by atoms with E-state index >= 15 is 0 Å². The van der Waals surface area contributed by atoms with Crippen molar-refractivity contribution in [3.63, 3.8) is 0 Å². The zero-order valence-corrected chi connectivity index (χ0v) is 6.33.